The second-order valence-corrected chi connectivity index (χ2v) is 4.60. The van der Waals surface area contributed by atoms with E-state index in [-0.39, 0.29) is 0 Å². The molecule has 1 N–H and O–H groups in total. The van der Waals surface area contributed by atoms with Crippen LogP contribution in [0, 0.1) is 6.92 Å². The number of hydrogen-bond acceptors (Lipinski definition) is 2. The molecule has 0 saturated heterocycles. The summed E-state index contributed by atoms with van der Waals surface area (Å²) in [5, 5.41) is 9.44. The molecular formula is C15H15NO. The SMILES string of the molecule is Cc1cc(O)ccc1N1Cc2ccccc2C1. The van der Waals surface area contributed by atoms with Crippen LogP contribution in [0.4, 0.5) is 5.69 Å². The second-order valence-electron chi connectivity index (χ2n) is 4.60. The molecule has 0 unspecified atom stereocenters. The van der Waals surface area contributed by atoms with E-state index < -0.39 is 0 Å². The Kier molecular flexibility index (Phi) is 2.29. The number of phenolic OH excluding ortho intramolecular Hbond substituents is 1. The standard InChI is InChI=1S/C15H15NO/c1-11-8-14(17)6-7-15(11)16-9-12-4-2-3-5-13(12)10-16/h2-8,17H,9-10H2,1H3. The average Bonchev–Trinajstić information content (AvgIpc) is 2.72. The fourth-order valence-electron chi connectivity index (χ4n) is 2.50. The molecule has 1 heterocycles. The highest BCUT2D eigenvalue weighted by Crippen LogP contribution is 2.31. The van der Waals surface area contributed by atoms with Gasteiger partial charge in [-0.2, -0.15) is 0 Å². The van der Waals surface area contributed by atoms with Crippen LogP contribution in [0.5, 0.6) is 5.75 Å². The van der Waals surface area contributed by atoms with Crippen LogP contribution in [0.3, 0.4) is 0 Å². The molecule has 2 nitrogen and oxygen atoms in total. The lowest BCUT2D eigenvalue weighted by Crippen LogP contribution is -2.15. The predicted molar refractivity (Wildman–Crippen MR) is 69.2 cm³/mol. The van der Waals surface area contributed by atoms with Crippen LogP contribution >= 0.6 is 0 Å². The summed E-state index contributed by atoms with van der Waals surface area (Å²) in [5.41, 5.74) is 5.14. The number of benzene rings is 2. The molecule has 0 aromatic heterocycles. The maximum Gasteiger partial charge on any atom is 0.115 e. The van der Waals surface area contributed by atoms with Crippen molar-refractivity contribution < 1.29 is 5.11 Å². The molecule has 0 aliphatic carbocycles. The molecule has 2 aromatic rings. The van der Waals surface area contributed by atoms with Gasteiger partial charge in [0.15, 0.2) is 0 Å². The first-order valence-electron chi connectivity index (χ1n) is 5.85. The number of nitrogens with zero attached hydrogens (tertiary/aromatic N) is 1. The average molecular weight is 225 g/mol. The lowest BCUT2D eigenvalue weighted by atomic mass is 10.1. The summed E-state index contributed by atoms with van der Waals surface area (Å²) in [6.07, 6.45) is 0. The zero-order valence-corrected chi connectivity index (χ0v) is 9.85. The molecule has 3 rings (SSSR count). The van der Waals surface area contributed by atoms with Crippen molar-refractivity contribution in [2.75, 3.05) is 4.90 Å². The van der Waals surface area contributed by atoms with Crippen molar-refractivity contribution in [3.8, 4) is 5.75 Å². The summed E-state index contributed by atoms with van der Waals surface area (Å²) < 4.78 is 0. The summed E-state index contributed by atoms with van der Waals surface area (Å²) in [6.45, 7) is 3.96. The van der Waals surface area contributed by atoms with Gasteiger partial charge in [0.05, 0.1) is 0 Å². The van der Waals surface area contributed by atoms with Crippen molar-refractivity contribution in [2.24, 2.45) is 0 Å². The summed E-state index contributed by atoms with van der Waals surface area (Å²) in [4.78, 5) is 2.35. The van der Waals surface area contributed by atoms with E-state index in [0.29, 0.717) is 5.75 Å². The van der Waals surface area contributed by atoms with Crippen LogP contribution in [0.2, 0.25) is 0 Å². The molecule has 2 aromatic carbocycles. The fraction of sp³-hybridized carbons (Fsp3) is 0.200. The number of phenols is 1. The first kappa shape index (κ1) is 10.2. The third-order valence-electron chi connectivity index (χ3n) is 3.36. The lowest BCUT2D eigenvalue weighted by Gasteiger charge is -2.20. The summed E-state index contributed by atoms with van der Waals surface area (Å²) >= 11 is 0. The van der Waals surface area contributed by atoms with E-state index in [1.807, 2.05) is 19.1 Å². The zero-order valence-electron chi connectivity index (χ0n) is 9.85. The van der Waals surface area contributed by atoms with Crippen molar-refractivity contribution in [2.45, 2.75) is 20.0 Å². The molecular weight excluding hydrogens is 210 g/mol. The predicted octanol–water partition coefficient (Wildman–Crippen LogP) is 3.22. The molecule has 0 radical (unpaired) electrons. The molecule has 0 saturated carbocycles. The number of aromatic hydroxyl groups is 1. The molecule has 17 heavy (non-hydrogen) atoms. The van der Waals surface area contributed by atoms with Crippen LogP contribution in [0.25, 0.3) is 0 Å². The Morgan fingerprint density at radius 2 is 1.65 bits per heavy atom. The van der Waals surface area contributed by atoms with E-state index >= 15 is 0 Å². The topological polar surface area (TPSA) is 23.5 Å². The van der Waals surface area contributed by atoms with Crippen LogP contribution in [-0.4, -0.2) is 5.11 Å². The van der Waals surface area contributed by atoms with Gasteiger partial charge < -0.3 is 10.0 Å². The normalized spacial score (nSPS) is 13.8. The van der Waals surface area contributed by atoms with E-state index in [9.17, 15) is 5.11 Å². The van der Waals surface area contributed by atoms with Gasteiger partial charge in [0.2, 0.25) is 0 Å². The number of rotatable bonds is 1. The third kappa shape index (κ3) is 1.76. The first-order valence-corrected chi connectivity index (χ1v) is 5.85. The quantitative estimate of drug-likeness (QED) is 0.805. The van der Waals surface area contributed by atoms with Crippen molar-refractivity contribution >= 4 is 5.69 Å². The Morgan fingerprint density at radius 3 is 2.24 bits per heavy atom. The van der Waals surface area contributed by atoms with E-state index in [1.54, 1.807) is 6.07 Å². The highest BCUT2D eigenvalue weighted by Gasteiger charge is 2.19. The molecule has 0 atom stereocenters. The highest BCUT2D eigenvalue weighted by molar-refractivity contribution is 5.58. The number of aryl methyl sites for hydroxylation is 1. The minimum absolute atomic E-state index is 0.336. The van der Waals surface area contributed by atoms with Gasteiger partial charge >= 0.3 is 0 Å². The van der Waals surface area contributed by atoms with Crippen LogP contribution < -0.4 is 4.90 Å². The largest absolute Gasteiger partial charge is 0.508 e. The van der Waals surface area contributed by atoms with E-state index in [1.165, 1.54) is 16.8 Å². The molecule has 0 fully saturated rings. The second kappa shape index (κ2) is 3.81. The zero-order chi connectivity index (χ0) is 11.8. The fourth-order valence-corrected chi connectivity index (χ4v) is 2.50. The monoisotopic (exact) mass is 225 g/mol. The molecule has 2 heteroatoms. The van der Waals surface area contributed by atoms with Gasteiger partial charge in [-0.3, -0.25) is 0 Å². The smallest absolute Gasteiger partial charge is 0.115 e. The highest BCUT2D eigenvalue weighted by atomic mass is 16.3. The Balaban J connectivity index is 1.94. The lowest BCUT2D eigenvalue weighted by molar-refractivity contribution is 0.475. The minimum atomic E-state index is 0.336. The molecule has 0 amide bonds. The van der Waals surface area contributed by atoms with Crippen molar-refractivity contribution in [3.63, 3.8) is 0 Å². The summed E-state index contributed by atoms with van der Waals surface area (Å²) in [5.74, 6) is 0.336. The molecule has 1 aliphatic heterocycles. The van der Waals surface area contributed by atoms with E-state index in [2.05, 4.69) is 29.2 Å². The first-order chi connectivity index (χ1) is 8.24. The number of hydrogen-bond donors (Lipinski definition) is 1. The van der Waals surface area contributed by atoms with Crippen molar-refractivity contribution in [1.82, 2.24) is 0 Å². The van der Waals surface area contributed by atoms with Crippen LogP contribution in [0.15, 0.2) is 42.5 Å². The van der Waals surface area contributed by atoms with Gasteiger partial charge in [0, 0.05) is 18.8 Å². The third-order valence-corrected chi connectivity index (χ3v) is 3.36. The number of anilines is 1. The molecule has 86 valence electrons. The van der Waals surface area contributed by atoms with Crippen molar-refractivity contribution in [1.29, 1.82) is 0 Å². The maximum absolute atomic E-state index is 9.44. The summed E-state index contributed by atoms with van der Waals surface area (Å²) in [7, 11) is 0. The van der Waals surface area contributed by atoms with Crippen LogP contribution in [0.1, 0.15) is 16.7 Å². The van der Waals surface area contributed by atoms with E-state index in [4.69, 9.17) is 0 Å². The number of fused-ring (bicyclic) bond motifs is 1. The van der Waals surface area contributed by atoms with Gasteiger partial charge in [0.1, 0.15) is 5.75 Å². The Morgan fingerprint density at radius 1 is 1.00 bits per heavy atom. The van der Waals surface area contributed by atoms with Gasteiger partial charge in [-0.05, 0) is 41.8 Å². The maximum atomic E-state index is 9.44. The molecule has 0 spiro atoms. The minimum Gasteiger partial charge on any atom is -0.508 e. The Hall–Kier alpha value is -1.96. The Labute approximate surface area is 101 Å². The Bertz CT molecular complexity index is 538. The summed E-state index contributed by atoms with van der Waals surface area (Å²) in [6, 6.07) is 14.1. The van der Waals surface area contributed by atoms with Gasteiger partial charge in [-0.15, -0.1) is 0 Å². The van der Waals surface area contributed by atoms with E-state index in [0.717, 1.165) is 18.7 Å². The van der Waals surface area contributed by atoms with Gasteiger partial charge in [-0.1, -0.05) is 24.3 Å². The van der Waals surface area contributed by atoms with Crippen molar-refractivity contribution in [3.05, 3.63) is 59.2 Å². The van der Waals surface area contributed by atoms with Crippen LogP contribution in [-0.2, 0) is 13.1 Å². The molecule has 1 aliphatic rings. The van der Waals surface area contributed by atoms with Gasteiger partial charge in [0.25, 0.3) is 0 Å². The van der Waals surface area contributed by atoms with Gasteiger partial charge in [-0.25, -0.2) is 0 Å². The molecule has 0 bridgehead atoms.